The summed E-state index contributed by atoms with van der Waals surface area (Å²) in [6.45, 7) is 0.299. The number of carbonyl (C=O) groups excluding carboxylic acids is 2. The maximum atomic E-state index is 12.8. The Labute approximate surface area is 187 Å². The number of nitrogens with zero attached hydrogens (tertiary/aromatic N) is 4. The number of aromatic nitrogens is 4. The smallest absolute Gasteiger partial charge is 0.237 e. The van der Waals surface area contributed by atoms with Gasteiger partial charge in [0.1, 0.15) is 0 Å². The Kier molecular flexibility index (Phi) is 6.89. The molecule has 8 nitrogen and oxygen atoms in total. The summed E-state index contributed by atoms with van der Waals surface area (Å²) in [6, 6.07) is 15.8. The van der Waals surface area contributed by atoms with E-state index in [9.17, 15) is 9.59 Å². The van der Waals surface area contributed by atoms with Crippen molar-refractivity contribution in [2.24, 2.45) is 11.7 Å². The van der Waals surface area contributed by atoms with Crippen LogP contribution in [0, 0.1) is 5.92 Å². The average molecular weight is 433 g/mol. The summed E-state index contributed by atoms with van der Waals surface area (Å²) in [4.78, 5) is 25.9. The molecular weight excluding hydrogens is 404 g/mol. The molecule has 0 spiro atoms. The van der Waals surface area contributed by atoms with Crippen LogP contribution in [0.5, 0.6) is 0 Å². The fourth-order valence-electron chi connectivity index (χ4n) is 4.43. The quantitative estimate of drug-likeness (QED) is 0.538. The number of hydrogen-bond acceptors (Lipinski definition) is 5. The van der Waals surface area contributed by atoms with Crippen molar-refractivity contribution in [2.45, 2.75) is 45.1 Å². The largest absolute Gasteiger partial charge is 0.368 e. The third-order valence-electron chi connectivity index (χ3n) is 6.11. The predicted molar refractivity (Wildman–Crippen MR) is 121 cm³/mol. The second-order valence-corrected chi connectivity index (χ2v) is 8.40. The maximum absolute atomic E-state index is 12.8. The monoisotopic (exact) mass is 432 g/mol. The molecule has 8 heteroatoms. The SMILES string of the molecule is NC(=O)CN(Cc1ccc(-c2ccccc2-c2nnn[nH]2)cc1)C(=O)CCC1CCCC1. The fourth-order valence-corrected chi connectivity index (χ4v) is 4.43. The van der Waals surface area contributed by atoms with Crippen LogP contribution in [0.2, 0.25) is 0 Å². The molecule has 0 aliphatic heterocycles. The highest BCUT2D eigenvalue weighted by Gasteiger charge is 2.20. The van der Waals surface area contributed by atoms with Gasteiger partial charge < -0.3 is 10.6 Å². The van der Waals surface area contributed by atoms with Gasteiger partial charge in [0.25, 0.3) is 0 Å². The Morgan fingerprint density at radius 3 is 2.41 bits per heavy atom. The number of nitrogens with two attached hydrogens (primary N) is 1. The summed E-state index contributed by atoms with van der Waals surface area (Å²) in [7, 11) is 0. The van der Waals surface area contributed by atoms with Crippen LogP contribution in [0.1, 0.15) is 44.1 Å². The minimum absolute atomic E-state index is 0.0112. The van der Waals surface area contributed by atoms with E-state index in [1.54, 1.807) is 4.90 Å². The van der Waals surface area contributed by atoms with Crippen LogP contribution >= 0.6 is 0 Å². The van der Waals surface area contributed by atoms with Crippen molar-refractivity contribution >= 4 is 11.8 Å². The van der Waals surface area contributed by atoms with E-state index in [2.05, 4.69) is 20.6 Å². The zero-order valence-electron chi connectivity index (χ0n) is 18.0. The lowest BCUT2D eigenvalue weighted by Gasteiger charge is -2.22. The first kappa shape index (κ1) is 21.7. The molecule has 2 amide bonds. The third-order valence-corrected chi connectivity index (χ3v) is 6.11. The lowest BCUT2D eigenvalue weighted by molar-refractivity contribution is -0.136. The number of amides is 2. The van der Waals surface area contributed by atoms with E-state index in [0.29, 0.717) is 24.7 Å². The molecule has 3 N–H and O–H groups in total. The molecule has 1 fully saturated rings. The Morgan fingerprint density at radius 1 is 1.03 bits per heavy atom. The van der Waals surface area contributed by atoms with Gasteiger partial charge in [-0.15, -0.1) is 5.10 Å². The van der Waals surface area contributed by atoms with Crippen molar-refractivity contribution < 1.29 is 9.59 Å². The average Bonchev–Trinajstić information content (AvgIpc) is 3.52. The highest BCUT2D eigenvalue weighted by molar-refractivity contribution is 5.84. The van der Waals surface area contributed by atoms with E-state index in [1.807, 2.05) is 48.5 Å². The molecule has 2 aromatic carbocycles. The first-order valence-electron chi connectivity index (χ1n) is 11.1. The first-order valence-corrected chi connectivity index (χ1v) is 11.1. The van der Waals surface area contributed by atoms with Gasteiger partial charge in [-0.05, 0) is 39.5 Å². The normalized spacial score (nSPS) is 13.9. The van der Waals surface area contributed by atoms with Crippen molar-refractivity contribution in [3.8, 4) is 22.5 Å². The van der Waals surface area contributed by atoms with E-state index >= 15 is 0 Å². The van der Waals surface area contributed by atoms with Crippen molar-refractivity contribution in [3.63, 3.8) is 0 Å². The summed E-state index contributed by atoms with van der Waals surface area (Å²) in [5.74, 6) is 0.729. The minimum Gasteiger partial charge on any atom is -0.368 e. The Bertz CT molecular complexity index is 1040. The van der Waals surface area contributed by atoms with Gasteiger partial charge in [0.05, 0.1) is 6.54 Å². The zero-order valence-corrected chi connectivity index (χ0v) is 18.0. The topological polar surface area (TPSA) is 118 Å². The van der Waals surface area contributed by atoms with Crippen LogP contribution in [0.25, 0.3) is 22.5 Å². The molecule has 166 valence electrons. The van der Waals surface area contributed by atoms with Crippen LogP contribution in [-0.2, 0) is 16.1 Å². The number of benzene rings is 2. The molecule has 1 aliphatic rings. The van der Waals surface area contributed by atoms with E-state index in [4.69, 9.17) is 5.73 Å². The molecule has 0 unspecified atom stereocenters. The number of tetrazole rings is 1. The molecule has 1 heterocycles. The van der Waals surface area contributed by atoms with E-state index in [1.165, 1.54) is 25.7 Å². The molecule has 32 heavy (non-hydrogen) atoms. The predicted octanol–water partition coefficient (Wildman–Crippen LogP) is 3.32. The number of hydrogen-bond donors (Lipinski definition) is 2. The molecule has 1 aliphatic carbocycles. The van der Waals surface area contributed by atoms with Gasteiger partial charge in [0.2, 0.25) is 11.8 Å². The number of rotatable bonds is 9. The van der Waals surface area contributed by atoms with Gasteiger partial charge in [-0.2, -0.15) is 0 Å². The Morgan fingerprint density at radius 2 is 1.75 bits per heavy atom. The summed E-state index contributed by atoms with van der Waals surface area (Å²) in [6.07, 6.45) is 6.28. The van der Waals surface area contributed by atoms with E-state index in [0.717, 1.165) is 28.7 Å². The summed E-state index contributed by atoms with van der Waals surface area (Å²) >= 11 is 0. The van der Waals surface area contributed by atoms with Crippen molar-refractivity contribution in [3.05, 3.63) is 54.1 Å². The number of carbonyl (C=O) groups is 2. The standard InChI is InChI=1S/C24H28N6O2/c25-22(31)16-30(23(32)14-11-17-5-1-2-6-17)15-18-9-12-19(13-10-18)20-7-3-4-8-21(20)24-26-28-29-27-24/h3-4,7-10,12-13,17H,1-2,5-6,11,14-16H2,(H2,25,31)(H,26,27,28,29). The van der Waals surface area contributed by atoms with Crippen LogP contribution in [0.4, 0.5) is 0 Å². The van der Waals surface area contributed by atoms with E-state index in [-0.39, 0.29) is 12.5 Å². The van der Waals surface area contributed by atoms with Gasteiger partial charge in [0, 0.05) is 18.5 Å². The number of primary amides is 1. The molecule has 0 bridgehead atoms. The van der Waals surface area contributed by atoms with Crippen molar-refractivity contribution in [1.82, 2.24) is 25.5 Å². The highest BCUT2D eigenvalue weighted by Crippen LogP contribution is 2.30. The molecule has 1 aromatic heterocycles. The molecule has 1 saturated carbocycles. The molecular formula is C24H28N6O2. The second kappa shape index (κ2) is 10.2. The zero-order chi connectivity index (χ0) is 22.3. The van der Waals surface area contributed by atoms with Crippen LogP contribution < -0.4 is 5.73 Å². The molecule has 4 rings (SSSR count). The Balaban J connectivity index is 1.46. The lowest BCUT2D eigenvalue weighted by atomic mass is 9.98. The van der Waals surface area contributed by atoms with Crippen molar-refractivity contribution in [2.75, 3.05) is 6.54 Å². The minimum atomic E-state index is -0.495. The van der Waals surface area contributed by atoms with E-state index < -0.39 is 5.91 Å². The van der Waals surface area contributed by atoms with Gasteiger partial charge in [-0.25, -0.2) is 5.10 Å². The maximum Gasteiger partial charge on any atom is 0.237 e. The van der Waals surface area contributed by atoms with Gasteiger partial charge in [0.15, 0.2) is 5.82 Å². The summed E-state index contributed by atoms with van der Waals surface area (Å²) in [5, 5.41) is 14.2. The van der Waals surface area contributed by atoms with Crippen molar-refractivity contribution in [1.29, 1.82) is 0 Å². The third kappa shape index (κ3) is 5.38. The molecule has 0 radical (unpaired) electrons. The van der Waals surface area contributed by atoms with Crippen LogP contribution in [0.3, 0.4) is 0 Å². The van der Waals surface area contributed by atoms with Crippen LogP contribution in [-0.4, -0.2) is 43.9 Å². The highest BCUT2D eigenvalue weighted by atomic mass is 16.2. The number of H-pyrrole nitrogens is 1. The molecule has 0 saturated heterocycles. The summed E-state index contributed by atoms with van der Waals surface area (Å²) in [5.41, 5.74) is 9.28. The second-order valence-electron chi connectivity index (χ2n) is 8.40. The summed E-state index contributed by atoms with van der Waals surface area (Å²) < 4.78 is 0. The van der Waals surface area contributed by atoms with Gasteiger partial charge >= 0.3 is 0 Å². The number of nitrogens with one attached hydrogen (secondary N) is 1. The number of aromatic amines is 1. The first-order chi connectivity index (χ1) is 15.6. The lowest BCUT2D eigenvalue weighted by Crippen LogP contribution is -2.38. The molecule has 0 atom stereocenters. The van der Waals surface area contributed by atoms with Gasteiger partial charge in [-0.1, -0.05) is 74.2 Å². The van der Waals surface area contributed by atoms with Gasteiger partial charge in [-0.3, -0.25) is 9.59 Å². The Hall–Kier alpha value is -3.55. The fraction of sp³-hybridized carbons (Fsp3) is 0.375. The van der Waals surface area contributed by atoms with Crippen LogP contribution in [0.15, 0.2) is 48.5 Å². The molecule has 3 aromatic rings.